The number of rotatable bonds is 3. The quantitative estimate of drug-likeness (QED) is 0.783. The predicted octanol–water partition coefficient (Wildman–Crippen LogP) is 2.49. The van der Waals surface area contributed by atoms with E-state index >= 15 is 0 Å². The van der Waals surface area contributed by atoms with Gasteiger partial charge in [0, 0.05) is 28.9 Å². The Hall–Kier alpha value is -1.96. The van der Waals surface area contributed by atoms with Crippen molar-refractivity contribution in [2.75, 3.05) is 23.0 Å². The molecule has 2 fully saturated rings. The summed E-state index contributed by atoms with van der Waals surface area (Å²) in [5.41, 5.74) is 1.04. The molecule has 0 bridgehead atoms. The van der Waals surface area contributed by atoms with Crippen LogP contribution in [-0.4, -0.2) is 49.4 Å². The zero-order valence-electron chi connectivity index (χ0n) is 14.4. The maximum Gasteiger partial charge on any atom is 0.241 e. The fourth-order valence-electron chi connectivity index (χ4n) is 3.94. The van der Waals surface area contributed by atoms with E-state index in [2.05, 4.69) is 0 Å². The lowest BCUT2D eigenvalue weighted by molar-refractivity contribution is -0.123. The van der Waals surface area contributed by atoms with Crippen LogP contribution in [0.3, 0.4) is 0 Å². The van der Waals surface area contributed by atoms with Crippen molar-refractivity contribution < 1.29 is 17.6 Å². The number of nitrogens with zero attached hydrogens (tertiary/aromatic N) is 2. The van der Waals surface area contributed by atoms with Crippen molar-refractivity contribution in [1.29, 1.82) is 0 Å². The monoisotopic (exact) mass is 408 g/mol. The maximum absolute atomic E-state index is 14.1. The molecule has 2 aliphatic heterocycles. The first-order valence-electron chi connectivity index (χ1n) is 8.59. The highest BCUT2D eigenvalue weighted by atomic mass is 35.5. The minimum Gasteiger partial charge on any atom is -0.306 e. The molecule has 0 aliphatic carbocycles. The second-order valence-corrected chi connectivity index (χ2v) is 9.54. The molecule has 2 saturated heterocycles. The third-order valence-electron chi connectivity index (χ3n) is 5.12. The molecule has 142 valence electrons. The Balaban J connectivity index is 1.69. The van der Waals surface area contributed by atoms with Crippen molar-refractivity contribution >= 4 is 33.0 Å². The average molecular weight is 409 g/mol. The largest absolute Gasteiger partial charge is 0.306 e. The van der Waals surface area contributed by atoms with Crippen LogP contribution in [0.15, 0.2) is 48.5 Å². The molecule has 0 spiro atoms. The Bertz CT molecular complexity index is 998. The van der Waals surface area contributed by atoms with E-state index in [4.69, 9.17) is 11.6 Å². The summed E-state index contributed by atoms with van der Waals surface area (Å²) in [5, 5.41) is 0.478. The second kappa shape index (κ2) is 6.89. The van der Waals surface area contributed by atoms with Gasteiger partial charge in [0.2, 0.25) is 5.91 Å². The van der Waals surface area contributed by atoms with E-state index in [1.54, 1.807) is 52.3 Å². The average Bonchev–Trinajstić information content (AvgIpc) is 2.92. The summed E-state index contributed by atoms with van der Waals surface area (Å²) >= 11 is 6.06. The fraction of sp³-hybridized carbons (Fsp3) is 0.316. The van der Waals surface area contributed by atoms with Gasteiger partial charge < -0.3 is 4.90 Å². The van der Waals surface area contributed by atoms with Gasteiger partial charge in [0.1, 0.15) is 5.82 Å². The number of halogens is 2. The highest BCUT2D eigenvalue weighted by Gasteiger charge is 2.49. The van der Waals surface area contributed by atoms with Crippen LogP contribution in [0.5, 0.6) is 0 Å². The summed E-state index contributed by atoms with van der Waals surface area (Å²) in [6, 6.07) is 12.3. The number of benzene rings is 2. The molecule has 2 heterocycles. The third-order valence-corrected chi connectivity index (χ3v) is 7.05. The van der Waals surface area contributed by atoms with Crippen molar-refractivity contribution in [3.8, 4) is 0 Å². The molecule has 0 radical (unpaired) electrons. The van der Waals surface area contributed by atoms with Gasteiger partial charge in [-0.15, -0.1) is 0 Å². The molecule has 2 aromatic carbocycles. The van der Waals surface area contributed by atoms with Crippen LogP contribution < -0.4 is 4.90 Å². The van der Waals surface area contributed by atoms with Crippen LogP contribution in [0.1, 0.15) is 5.56 Å². The standard InChI is InChI=1S/C19H18ClFN2O3S/c20-14-5-3-6-15(8-14)23-18-12-27(25,26)11-17(18)22(10-19(23)24)9-13-4-1-2-7-16(13)21/h1-8,17-18H,9-12H2/t17-,18+/m1/s1. The molecule has 8 heteroatoms. The number of sulfone groups is 1. The number of anilines is 1. The minimum absolute atomic E-state index is 0.0253. The van der Waals surface area contributed by atoms with E-state index < -0.39 is 15.9 Å². The number of hydrogen-bond acceptors (Lipinski definition) is 4. The summed E-state index contributed by atoms with van der Waals surface area (Å²) in [6.45, 7) is 0.218. The van der Waals surface area contributed by atoms with Crippen LogP contribution in [0.4, 0.5) is 10.1 Å². The number of hydrogen-bond donors (Lipinski definition) is 0. The smallest absolute Gasteiger partial charge is 0.241 e. The van der Waals surface area contributed by atoms with Gasteiger partial charge in [0.15, 0.2) is 9.84 Å². The van der Waals surface area contributed by atoms with Crippen LogP contribution in [-0.2, 0) is 21.2 Å². The van der Waals surface area contributed by atoms with Gasteiger partial charge in [-0.05, 0) is 24.3 Å². The van der Waals surface area contributed by atoms with Gasteiger partial charge in [0.25, 0.3) is 0 Å². The van der Waals surface area contributed by atoms with Crippen LogP contribution in [0.2, 0.25) is 5.02 Å². The zero-order chi connectivity index (χ0) is 19.2. The molecule has 0 aromatic heterocycles. The van der Waals surface area contributed by atoms with Gasteiger partial charge in [-0.3, -0.25) is 9.69 Å². The van der Waals surface area contributed by atoms with Gasteiger partial charge in [-0.25, -0.2) is 12.8 Å². The summed E-state index contributed by atoms with van der Waals surface area (Å²) < 4.78 is 38.8. The topological polar surface area (TPSA) is 57.7 Å². The number of carbonyl (C=O) groups is 1. The first-order chi connectivity index (χ1) is 12.8. The summed E-state index contributed by atoms with van der Waals surface area (Å²) in [6.07, 6.45) is 0. The van der Waals surface area contributed by atoms with Crippen LogP contribution >= 0.6 is 11.6 Å². The predicted molar refractivity (Wildman–Crippen MR) is 102 cm³/mol. The van der Waals surface area contributed by atoms with Gasteiger partial charge >= 0.3 is 0 Å². The summed E-state index contributed by atoms with van der Waals surface area (Å²) in [7, 11) is -3.30. The normalized spacial score (nSPS) is 24.8. The lowest BCUT2D eigenvalue weighted by atomic mass is 10.0. The highest BCUT2D eigenvalue weighted by Crippen LogP contribution is 2.33. The molecule has 2 aromatic rings. The Morgan fingerprint density at radius 2 is 1.81 bits per heavy atom. The molecule has 5 nitrogen and oxygen atoms in total. The summed E-state index contributed by atoms with van der Waals surface area (Å²) in [5.74, 6) is -0.730. The molecule has 0 saturated carbocycles. The van der Waals surface area contributed by atoms with E-state index in [1.807, 2.05) is 0 Å². The van der Waals surface area contributed by atoms with Crippen molar-refractivity contribution in [2.24, 2.45) is 0 Å². The number of fused-ring (bicyclic) bond motifs is 1. The van der Waals surface area contributed by atoms with E-state index in [-0.39, 0.29) is 42.4 Å². The Labute approximate surface area is 162 Å². The SMILES string of the molecule is O=C1CN(Cc2ccccc2F)[C@@H]2CS(=O)(=O)C[C@@H]2N1c1cccc(Cl)c1. The molecule has 27 heavy (non-hydrogen) atoms. The molecule has 1 amide bonds. The maximum atomic E-state index is 14.1. The molecule has 0 unspecified atom stereocenters. The summed E-state index contributed by atoms with van der Waals surface area (Å²) in [4.78, 5) is 16.2. The van der Waals surface area contributed by atoms with Gasteiger partial charge in [-0.2, -0.15) is 0 Å². The highest BCUT2D eigenvalue weighted by molar-refractivity contribution is 7.91. The van der Waals surface area contributed by atoms with Gasteiger partial charge in [0.05, 0.1) is 24.1 Å². The first kappa shape index (κ1) is 18.4. The van der Waals surface area contributed by atoms with E-state index in [9.17, 15) is 17.6 Å². The Morgan fingerprint density at radius 3 is 2.56 bits per heavy atom. The molecule has 4 rings (SSSR count). The molecule has 2 atom stereocenters. The van der Waals surface area contributed by atoms with Crippen LogP contribution in [0, 0.1) is 5.82 Å². The van der Waals surface area contributed by atoms with Crippen molar-refractivity contribution in [3.63, 3.8) is 0 Å². The number of carbonyl (C=O) groups excluding carboxylic acids is 1. The van der Waals surface area contributed by atoms with Crippen LogP contribution in [0.25, 0.3) is 0 Å². The van der Waals surface area contributed by atoms with Crippen molar-refractivity contribution in [2.45, 2.75) is 18.6 Å². The van der Waals surface area contributed by atoms with E-state index in [0.717, 1.165) is 0 Å². The van der Waals surface area contributed by atoms with Gasteiger partial charge in [-0.1, -0.05) is 35.9 Å². The Morgan fingerprint density at radius 1 is 1.07 bits per heavy atom. The third kappa shape index (κ3) is 3.59. The lowest BCUT2D eigenvalue weighted by Crippen LogP contribution is -2.61. The van der Waals surface area contributed by atoms with Crippen molar-refractivity contribution in [1.82, 2.24) is 4.90 Å². The molecule has 0 N–H and O–H groups in total. The number of piperazine rings is 1. The van der Waals surface area contributed by atoms with E-state index in [0.29, 0.717) is 16.3 Å². The fourth-order valence-corrected chi connectivity index (χ4v) is 6.10. The lowest BCUT2D eigenvalue weighted by Gasteiger charge is -2.43. The zero-order valence-corrected chi connectivity index (χ0v) is 16.0. The van der Waals surface area contributed by atoms with E-state index in [1.165, 1.54) is 6.07 Å². The molecular formula is C19H18ClFN2O3S. The molecule has 2 aliphatic rings. The molecular weight excluding hydrogens is 391 g/mol. The second-order valence-electron chi connectivity index (χ2n) is 6.95. The van der Waals surface area contributed by atoms with Crippen molar-refractivity contribution in [3.05, 3.63) is 64.9 Å². The number of amides is 1. The minimum atomic E-state index is -3.30. The Kier molecular flexibility index (Phi) is 4.70. The first-order valence-corrected chi connectivity index (χ1v) is 10.8.